The highest BCUT2D eigenvalue weighted by molar-refractivity contribution is 7.89. The van der Waals surface area contributed by atoms with Gasteiger partial charge in [0.05, 0.1) is 29.1 Å². The number of nitrogens with one attached hydrogen (secondary N) is 1. The minimum atomic E-state index is -3.92. The zero-order valence-electron chi connectivity index (χ0n) is 17.6. The predicted octanol–water partition coefficient (Wildman–Crippen LogP) is 2.39. The van der Waals surface area contributed by atoms with Crippen LogP contribution in [0, 0.1) is 0 Å². The fourth-order valence-electron chi connectivity index (χ4n) is 3.29. The van der Waals surface area contributed by atoms with Crippen LogP contribution in [-0.2, 0) is 24.8 Å². The quantitative estimate of drug-likeness (QED) is 0.594. The van der Waals surface area contributed by atoms with Crippen LogP contribution in [0.3, 0.4) is 0 Å². The normalized spacial score (nSPS) is 15.1. The van der Waals surface area contributed by atoms with Crippen LogP contribution in [0.1, 0.15) is 12.8 Å². The van der Waals surface area contributed by atoms with Gasteiger partial charge in [-0.1, -0.05) is 11.6 Å². The summed E-state index contributed by atoms with van der Waals surface area (Å²) in [5.41, 5.74) is 0.134. The molecule has 1 aliphatic rings. The molecular formula is C20H24ClN3O6S2. The van der Waals surface area contributed by atoms with Gasteiger partial charge in [0.1, 0.15) is 5.75 Å². The molecule has 0 saturated carbocycles. The third kappa shape index (κ3) is 5.24. The molecule has 1 N–H and O–H groups in total. The molecule has 1 saturated heterocycles. The summed E-state index contributed by atoms with van der Waals surface area (Å²) >= 11 is 5.80. The second-order valence-electron chi connectivity index (χ2n) is 7.24. The van der Waals surface area contributed by atoms with Crippen LogP contribution in [0.25, 0.3) is 0 Å². The first kappa shape index (κ1) is 24.5. The van der Waals surface area contributed by atoms with Gasteiger partial charge in [0.2, 0.25) is 26.0 Å². The molecule has 0 bridgehead atoms. The van der Waals surface area contributed by atoms with Crippen LogP contribution in [0.2, 0.25) is 5.02 Å². The Morgan fingerprint density at radius 1 is 1.06 bits per heavy atom. The monoisotopic (exact) mass is 501 g/mol. The van der Waals surface area contributed by atoms with Crippen molar-refractivity contribution in [2.24, 2.45) is 0 Å². The molecule has 0 radical (unpaired) electrons. The molecule has 174 valence electrons. The highest BCUT2D eigenvalue weighted by Gasteiger charge is 2.28. The molecular weight excluding hydrogens is 478 g/mol. The smallest absolute Gasteiger partial charge is 0.243 e. The van der Waals surface area contributed by atoms with E-state index in [1.807, 2.05) is 0 Å². The lowest BCUT2D eigenvalue weighted by Crippen LogP contribution is -2.35. The third-order valence-electron chi connectivity index (χ3n) is 5.04. The van der Waals surface area contributed by atoms with E-state index in [0.29, 0.717) is 18.1 Å². The number of benzene rings is 2. The number of rotatable bonds is 8. The number of carbonyl (C=O) groups excluding carboxylic acids is 1. The lowest BCUT2D eigenvalue weighted by molar-refractivity contribution is -0.116. The van der Waals surface area contributed by atoms with Crippen LogP contribution in [-0.4, -0.2) is 65.1 Å². The van der Waals surface area contributed by atoms with E-state index in [2.05, 4.69) is 5.32 Å². The number of nitrogens with zero attached hydrogens (tertiary/aromatic N) is 2. The van der Waals surface area contributed by atoms with E-state index in [1.54, 1.807) is 0 Å². The highest BCUT2D eigenvalue weighted by Crippen LogP contribution is 2.30. The van der Waals surface area contributed by atoms with E-state index in [9.17, 15) is 21.6 Å². The molecule has 0 atom stereocenters. The van der Waals surface area contributed by atoms with Gasteiger partial charge in [-0.15, -0.1) is 0 Å². The van der Waals surface area contributed by atoms with Gasteiger partial charge in [-0.2, -0.15) is 8.61 Å². The molecule has 1 amide bonds. The minimum absolute atomic E-state index is 0.00603. The standard InChI is InChI=1S/C20H24ClN3O6S2/c1-23(31(26,27)16-7-5-15(21)6-8-16)14-20(25)22-18-13-17(9-10-19(18)30-2)32(28,29)24-11-3-4-12-24/h5-10,13H,3-4,11-12,14H2,1-2H3,(H,22,25). The second-order valence-corrected chi connectivity index (χ2v) is 11.7. The zero-order valence-corrected chi connectivity index (χ0v) is 20.0. The Labute approximate surface area is 193 Å². The van der Waals surface area contributed by atoms with Crippen LogP contribution >= 0.6 is 11.6 Å². The van der Waals surface area contributed by atoms with Crippen molar-refractivity contribution in [3.05, 3.63) is 47.5 Å². The largest absolute Gasteiger partial charge is 0.495 e. The Hall–Kier alpha value is -2.18. The number of likely N-dealkylation sites (N-methyl/N-ethyl adjacent to an activating group) is 1. The number of anilines is 1. The van der Waals surface area contributed by atoms with E-state index < -0.39 is 32.5 Å². The summed E-state index contributed by atoms with van der Waals surface area (Å²) in [7, 11) is -4.96. The molecule has 0 spiro atoms. The predicted molar refractivity (Wildman–Crippen MR) is 121 cm³/mol. The van der Waals surface area contributed by atoms with Gasteiger partial charge < -0.3 is 10.1 Å². The number of ether oxygens (including phenoxy) is 1. The summed E-state index contributed by atoms with van der Waals surface area (Å²) in [5, 5.41) is 2.94. The van der Waals surface area contributed by atoms with Gasteiger partial charge in [-0.05, 0) is 55.3 Å². The Morgan fingerprint density at radius 3 is 2.25 bits per heavy atom. The van der Waals surface area contributed by atoms with E-state index in [1.165, 1.54) is 60.9 Å². The van der Waals surface area contributed by atoms with E-state index in [-0.39, 0.29) is 21.2 Å². The molecule has 2 aromatic carbocycles. The first-order valence-electron chi connectivity index (χ1n) is 9.75. The Bertz CT molecular complexity index is 1190. The maximum Gasteiger partial charge on any atom is 0.243 e. The SMILES string of the molecule is COc1ccc(S(=O)(=O)N2CCCC2)cc1NC(=O)CN(C)S(=O)(=O)c1ccc(Cl)cc1. The van der Waals surface area contributed by atoms with Crippen LogP contribution in [0.4, 0.5) is 5.69 Å². The van der Waals surface area contributed by atoms with Gasteiger partial charge in [-0.25, -0.2) is 16.8 Å². The topological polar surface area (TPSA) is 113 Å². The van der Waals surface area contributed by atoms with Crippen molar-refractivity contribution in [3.63, 3.8) is 0 Å². The van der Waals surface area contributed by atoms with Crippen molar-refractivity contribution in [2.75, 3.05) is 39.1 Å². The lowest BCUT2D eigenvalue weighted by Gasteiger charge is -2.19. The molecule has 12 heteroatoms. The van der Waals surface area contributed by atoms with Crippen molar-refractivity contribution in [2.45, 2.75) is 22.6 Å². The van der Waals surface area contributed by atoms with E-state index >= 15 is 0 Å². The summed E-state index contributed by atoms with van der Waals surface area (Å²) in [6.45, 7) is 0.407. The first-order chi connectivity index (χ1) is 15.1. The molecule has 32 heavy (non-hydrogen) atoms. The summed E-state index contributed by atoms with van der Waals surface area (Å²) in [6.07, 6.45) is 1.60. The highest BCUT2D eigenvalue weighted by atomic mass is 35.5. The summed E-state index contributed by atoms with van der Waals surface area (Å²) < 4.78 is 58.5. The Morgan fingerprint density at radius 2 is 1.66 bits per heavy atom. The van der Waals surface area contributed by atoms with Crippen LogP contribution < -0.4 is 10.1 Å². The number of halogens is 1. The number of amides is 1. The summed E-state index contributed by atoms with van der Waals surface area (Å²) in [6, 6.07) is 9.77. The number of carbonyl (C=O) groups is 1. The molecule has 2 aromatic rings. The van der Waals surface area contributed by atoms with Gasteiger partial charge in [0.15, 0.2) is 0 Å². The minimum Gasteiger partial charge on any atom is -0.495 e. The van der Waals surface area contributed by atoms with Gasteiger partial charge >= 0.3 is 0 Å². The third-order valence-corrected chi connectivity index (χ3v) is 9.00. The van der Waals surface area contributed by atoms with E-state index in [4.69, 9.17) is 16.3 Å². The van der Waals surface area contributed by atoms with E-state index in [0.717, 1.165) is 17.1 Å². The average Bonchev–Trinajstić information content (AvgIpc) is 3.29. The lowest BCUT2D eigenvalue weighted by atomic mass is 10.3. The summed E-state index contributed by atoms with van der Waals surface area (Å²) in [5.74, 6) is -0.402. The maximum atomic E-state index is 12.8. The first-order valence-corrected chi connectivity index (χ1v) is 13.0. The molecule has 1 heterocycles. The average molecular weight is 502 g/mol. The fourth-order valence-corrected chi connectivity index (χ4v) is 6.08. The number of hydrogen-bond acceptors (Lipinski definition) is 6. The van der Waals surface area contributed by atoms with Crippen LogP contribution in [0.5, 0.6) is 5.75 Å². The summed E-state index contributed by atoms with van der Waals surface area (Å²) in [4.78, 5) is 12.6. The molecule has 1 aliphatic heterocycles. The molecule has 9 nitrogen and oxygen atoms in total. The van der Waals surface area contributed by atoms with Crippen molar-refractivity contribution < 1.29 is 26.4 Å². The molecule has 0 unspecified atom stereocenters. The molecule has 0 aromatic heterocycles. The molecule has 3 rings (SSSR count). The Balaban J connectivity index is 1.78. The van der Waals surface area contributed by atoms with Crippen LogP contribution in [0.15, 0.2) is 52.3 Å². The van der Waals surface area contributed by atoms with Crippen molar-refractivity contribution >= 4 is 43.2 Å². The maximum absolute atomic E-state index is 12.8. The number of sulfonamides is 2. The zero-order chi connectivity index (χ0) is 23.5. The molecule has 0 aliphatic carbocycles. The van der Waals surface area contributed by atoms with Crippen molar-refractivity contribution in [1.82, 2.24) is 8.61 Å². The van der Waals surface area contributed by atoms with Gasteiger partial charge in [0, 0.05) is 25.2 Å². The van der Waals surface area contributed by atoms with Crippen molar-refractivity contribution in [1.29, 1.82) is 0 Å². The second kappa shape index (κ2) is 9.75. The number of methoxy groups -OCH3 is 1. The number of hydrogen-bond donors (Lipinski definition) is 1. The van der Waals surface area contributed by atoms with Gasteiger partial charge in [0.25, 0.3) is 0 Å². The van der Waals surface area contributed by atoms with Crippen molar-refractivity contribution in [3.8, 4) is 5.75 Å². The molecule has 1 fully saturated rings. The fraction of sp³-hybridized carbons (Fsp3) is 0.350. The van der Waals surface area contributed by atoms with Gasteiger partial charge in [-0.3, -0.25) is 4.79 Å². The Kier molecular flexibility index (Phi) is 7.46.